The summed E-state index contributed by atoms with van der Waals surface area (Å²) in [4.78, 5) is 0. The first-order valence-corrected chi connectivity index (χ1v) is 6.50. The lowest BCUT2D eigenvalue weighted by Crippen LogP contribution is -2.24. The number of methoxy groups -OCH3 is 1. The second-order valence-corrected chi connectivity index (χ2v) is 4.25. The van der Waals surface area contributed by atoms with Crippen LogP contribution in [0.25, 0.3) is 0 Å². The Morgan fingerprint density at radius 2 is 2.00 bits per heavy atom. The Kier molecular flexibility index (Phi) is 6.95. The first kappa shape index (κ1) is 15.8. The Morgan fingerprint density at radius 3 is 2.55 bits per heavy atom. The molecule has 1 aromatic carbocycles. The molecule has 0 fully saturated rings. The van der Waals surface area contributed by atoms with Crippen LogP contribution >= 0.6 is 0 Å². The molecule has 0 aromatic heterocycles. The monoisotopic (exact) mass is 267 g/mol. The van der Waals surface area contributed by atoms with E-state index in [0.717, 1.165) is 16.9 Å². The summed E-state index contributed by atoms with van der Waals surface area (Å²) in [6.07, 6.45) is 5.55. The molecule has 2 nitrogen and oxygen atoms in total. The molecule has 0 saturated carbocycles. The highest BCUT2D eigenvalue weighted by atomic mass is 16.5. The second kappa shape index (κ2) is 8.79. The van der Waals surface area contributed by atoms with Crippen molar-refractivity contribution in [2.75, 3.05) is 14.2 Å². The smallest absolute Gasteiger partial charge is 0.118 e. The molecule has 1 aromatic rings. The molecule has 104 valence electrons. The zero-order chi connectivity index (χ0) is 14.8. The zero-order valence-corrected chi connectivity index (χ0v) is 12.3. The van der Waals surface area contributed by atoms with E-state index in [1.165, 1.54) is 0 Å². The molecule has 1 N–H and O–H groups in total. The average Bonchev–Trinajstić information content (AvgIpc) is 2.50. The first-order chi connectivity index (χ1) is 9.71. The quantitative estimate of drug-likeness (QED) is 0.502. The summed E-state index contributed by atoms with van der Waals surface area (Å²) in [6.45, 7) is 5.72. The summed E-state index contributed by atoms with van der Waals surface area (Å²) in [5, 5.41) is 3.19. The Bertz CT molecular complexity index is 544. The third-order valence-corrected chi connectivity index (χ3v) is 2.83. The molecule has 0 aliphatic rings. The lowest BCUT2D eigenvalue weighted by atomic mass is 10.1. The van der Waals surface area contributed by atoms with Gasteiger partial charge in [-0.25, -0.2) is 0 Å². The van der Waals surface area contributed by atoms with Gasteiger partial charge in [0.15, 0.2) is 0 Å². The van der Waals surface area contributed by atoms with Crippen molar-refractivity contribution in [1.29, 1.82) is 0 Å². The number of hydrogen-bond donors (Lipinski definition) is 1. The molecule has 0 spiro atoms. The van der Waals surface area contributed by atoms with Crippen LogP contribution in [-0.4, -0.2) is 20.2 Å². The van der Waals surface area contributed by atoms with E-state index in [1.807, 2.05) is 56.5 Å². The van der Waals surface area contributed by atoms with Crippen LogP contribution in [0.3, 0.4) is 0 Å². The molecular weight excluding hydrogens is 246 g/mol. The van der Waals surface area contributed by atoms with Gasteiger partial charge in [-0.3, -0.25) is 0 Å². The fourth-order valence-corrected chi connectivity index (χ4v) is 1.62. The molecular formula is C18H21NO. The van der Waals surface area contributed by atoms with Crippen LogP contribution in [0.1, 0.15) is 12.5 Å². The summed E-state index contributed by atoms with van der Waals surface area (Å²) < 4.78 is 5.13. The molecule has 2 heteroatoms. The van der Waals surface area contributed by atoms with Gasteiger partial charge < -0.3 is 10.1 Å². The van der Waals surface area contributed by atoms with Crippen LogP contribution in [0.2, 0.25) is 0 Å². The molecule has 1 unspecified atom stereocenters. The Morgan fingerprint density at radius 1 is 1.30 bits per heavy atom. The number of hydrogen-bond acceptors (Lipinski definition) is 2. The highest BCUT2D eigenvalue weighted by Crippen LogP contribution is 2.04. The molecule has 0 aliphatic heterocycles. The zero-order valence-electron chi connectivity index (χ0n) is 12.3. The van der Waals surface area contributed by atoms with Crippen molar-refractivity contribution >= 4 is 0 Å². The highest BCUT2D eigenvalue weighted by Gasteiger charge is 2.02. The standard InChI is InChI=1S/C18H21NO/c1-5-17(20-4)13-11-15(2)18(19-3)14-12-16-9-7-6-8-10-16/h5-11,13,18-19H,1H2,2-4H3/b15-11+,17-13+. The van der Waals surface area contributed by atoms with Crippen LogP contribution in [0.15, 0.2) is 66.5 Å². The van der Waals surface area contributed by atoms with Gasteiger partial charge in [0.05, 0.1) is 13.2 Å². The molecule has 0 bridgehead atoms. The van der Waals surface area contributed by atoms with Gasteiger partial charge in [-0.2, -0.15) is 0 Å². The van der Waals surface area contributed by atoms with E-state index >= 15 is 0 Å². The van der Waals surface area contributed by atoms with E-state index in [0.29, 0.717) is 0 Å². The topological polar surface area (TPSA) is 21.3 Å². The van der Waals surface area contributed by atoms with E-state index < -0.39 is 0 Å². The summed E-state index contributed by atoms with van der Waals surface area (Å²) >= 11 is 0. The van der Waals surface area contributed by atoms with Crippen molar-refractivity contribution < 1.29 is 4.74 Å². The van der Waals surface area contributed by atoms with E-state index in [1.54, 1.807) is 13.2 Å². The molecule has 0 amide bonds. The van der Waals surface area contributed by atoms with Crippen molar-refractivity contribution in [2.45, 2.75) is 13.0 Å². The average molecular weight is 267 g/mol. The SMILES string of the molecule is C=C/C(=C\C=C(/C)C(C#Cc1ccccc1)NC)OC. The number of allylic oxidation sites excluding steroid dienone is 3. The predicted molar refractivity (Wildman–Crippen MR) is 85.2 cm³/mol. The van der Waals surface area contributed by atoms with Crippen LogP contribution in [0.5, 0.6) is 0 Å². The lowest BCUT2D eigenvalue weighted by molar-refractivity contribution is 0.307. The van der Waals surface area contributed by atoms with Gasteiger partial charge in [0.25, 0.3) is 0 Å². The second-order valence-electron chi connectivity index (χ2n) is 4.25. The number of ether oxygens (including phenoxy) is 1. The van der Waals surface area contributed by atoms with Gasteiger partial charge in [0.2, 0.25) is 0 Å². The maximum absolute atomic E-state index is 5.13. The fourth-order valence-electron chi connectivity index (χ4n) is 1.62. The number of nitrogens with one attached hydrogen (secondary N) is 1. The summed E-state index contributed by atoms with van der Waals surface area (Å²) in [5.74, 6) is 7.12. The lowest BCUT2D eigenvalue weighted by Gasteiger charge is -2.09. The van der Waals surface area contributed by atoms with Crippen LogP contribution in [-0.2, 0) is 4.74 Å². The summed E-state index contributed by atoms with van der Waals surface area (Å²) in [7, 11) is 3.53. The van der Waals surface area contributed by atoms with Gasteiger partial charge in [-0.1, -0.05) is 42.7 Å². The third kappa shape index (κ3) is 5.17. The number of rotatable bonds is 5. The minimum absolute atomic E-state index is 0.00868. The van der Waals surface area contributed by atoms with Gasteiger partial charge in [0.1, 0.15) is 5.76 Å². The first-order valence-electron chi connectivity index (χ1n) is 6.50. The van der Waals surface area contributed by atoms with Gasteiger partial charge in [-0.05, 0) is 43.8 Å². The number of likely N-dealkylation sites (N-methyl/N-ethyl adjacent to an activating group) is 1. The van der Waals surface area contributed by atoms with E-state index in [-0.39, 0.29) is 6.04 Å². The van der Waals surface area contributed by atoms with Crippen LogP contribution in [0, 0.1) is 11.8 Å². The molecule has 0 heterocycles. The highest BCUT2D eigenvalue weighted by molar-refractivity contribution is 5.38. The Labute approximate surface area is 121 Å². The summed E-state index contributed by atoms with van der Waals surface area (Å²) in [6, 6.07) is 9.96. The van der Waals surface area contributed by atoms with E-state index in [9.17, 15) is 0 Å². The van der Waals surface area contributed by atoms with Crippen molar-refractivity contribution in [3.63, 3.8) is 0 Å². The molecule has 1 atom stereocenters. The van der Waals surface area contributed by atoms with E-state index in [2.05, 4.69) is 23.7 Å². The Balaban J connectivity index is 2.86. The third-order valence-electron chi connectivity index (χ3n) is 2.83. The van der Waals surface area contributed by atoms with Crippen LogP contribution in [0.4, 0.5) is 0 Å². The Hall–Kier alpha value is -2.24. The largest absolute Gasteiger partial charge is 0.497 e. The van der Waals surface area contributed by atoms with Crippen LogP contribution < -0.4 is 5.32 Å². The van der Waals surface area contributed by atoms with Crippen molar-refractivity contribution in [2.24, 2.45) is 0 Å². The molecule has 0 saturated heterocycles. The fraction of sp³-hybridized carbons (Fsp3) is 0.222. The van der Waals surface area contributed by atoms with Gasteiger partial charge >= 0.3 is 0 Å². The van der Waals surface area contributed by atoms with E-state index in [4.69, 9.17) is 4.74 Å². The van der Waals surface area contributed by atoms with Crippen molar-refractivity contribution in [1.82, 2.24) is 5.32 Å². The van der Waals surface area contributed by atoms with Crippen molar-refractivity contribution in [3.8, 4) is 11.8 Å². The van der Waals surface area contributed by atoms with Gasteiger partial charge in [0, 0.05) is 5.56 Å². The summed E-state index contributed by atoms with van der Waals surface area (Å²) in [5.41, 5.74) is 2.13. The predicted octanol–water partition coefficient (Wildman–Crippen LogP) is 3.29. The van der Waals surface area contributed by atoms with Gasteiger partial charge in [-0.15, -0.1) is 0 Å². The molecule has 1 rings (SSSR count). The molecule has 0 radical (unpaired) electrons. The minimum atomic E-state index is 0.00868. The maximum Gasteiger partial charge on any atom is 0.118 e. The minimum Gasteiger partial charge on any atom is -0.497 e. The molecule has 20 heavy (non-hydrogen) atoms. The van der Waals surface area contributed by atoms with Crippen molar-refractivity contribution in [3.05, 3.63) is 72.0 Å². The maximum atomic E-state index is 5.13. The molecule has 0 aliphatic carbocycles. The number of benzene rings is 1. The normalized spacial score (nSPS) is 13.2.